The van der Waals surface area contributed by atoms with Gasteiger partial charge in [0.15, 0.2) is 6.10 Å². The summed E-state index contributed by atoms with van der Waals surface area (Å²) in [5, 5.41) is 21.4. The zero-order chi connectivity index (χ0) is 21.5. The van der Waals surface area contributed by atoms with E-state index in [0.29, 0.717) is 11.3 Å². The number of hydrogen-bond donors (Lipinski definition) is 1. The van der Waals surface area contributed by atoms with Gasteiger partial charge in [-0.05, 0) is 45.8 Å². The molecule has 0 radical (unpaired) electrons. The van der Waals surface area contributed by atoms with E-state index in [4.69, 9.17) is 9.47 Å². The summed E-state index contributed by atoms with van der Waals surface area (Å²) in [4.78, 5) is 22.4. The highest BCUT2D eigenvalue weighted by Crippen LogP contribution is 2.31. The average Bonchev–Trinajstić information content (AvgIpc) is 2.77. The average molecular weight is 472 g/mol. The number of hydrogen-bond acceptors (Lipinski definition) is 6. The molecular formula is C22H18BrNO6. The molecule has 1 N–H and O–H groups in total. The minimum absolute atomic E-state index is 0.127. The molecule has 3 aromatic carbocycles. The normalized spacial score (nSPS) is 12.6. The van der Waals surface area contributed by atoms with E-state index in [-0.39, 0.29) is 17.9 Å². The molecule has 2 atom stereocenters. The zero-order valence-electron chi connectivity index (χ0n) is 15.7. The van der Waals surface area contributed by atoms with Gasteiger partial charge in [-0.3, -0.25) is 10.1 Å². The van der Waals surface area contributed by atoms with Crippen LogP contribution in [0.4, 0.5) is 5.69 Å². The summed E-state index contributed by atoms with van der Waals surface area (Å²) in [6, 6.07) is 21.4. The Morgan fingerprint density at radius 2 is 1.63 bits per heavy atom. The van der Waals surface area contributed by atoms with Crippen molar-refractivity contribution < 1.29 is 24.3 Å². The van der Waals surface area contributed by atoms with Crippen LogP contribution in [0.5, 0.6) is 5.75 Å². The van der Waals surface area contributed by atoms with E-state index < -0.39 is 23.1 Å². The number of halogens is 1. The van der Waals surface area contributed by atoms with Crippen LogP contribution in [0, 0.1) is 10.1 Å². The Morgan fingerprint density at radius 1 is 1.00 bits per heavy atom. The van der Waals surface area contributed by atoms with Crippen molar-refractivity contribution in [1.29, 1.82) is 0 Å². The Balaban J connectivity index is 1.71. The molecule has 0 saturated heterocycles. The van der Waals surface area contributed by atoms with Crippen LogP contribution in [-0.4, -0.2) is 28.7 Å². The first-order valence-corrected chi connectivity index (χ1v) is 9.81. The second-order valence-corrected chi connectivity index (χ2v) is 7.20. The number of benzene rings is 3. The molecule has 0 unspecified atom stereocenters. The first-order chi connectivity index (χ1) is 14.5. The van der Waals surface area contributed by atoms with Gasteiger partial charge >= 0.3 is 5.97 Å². The highest BCUT2D eigenvalue weighted by atomic mass is 79.9. The zero-order valence-corrected chi connectivity index (χ0v) is 17.3. The fourth-order valence-corrected chi connectivity index (χ4v) is 3.12. The van der Waals surface area contributed by atoms with Crippen LogP contribution in [0.25, 0.3) is 0 Å². The van der Waals surface area contributed by atoms with Crippen molar-refractivity contribution in [2.75, 3.05) is 6.61 Å². The van der Waals surface area contributed by atoms with Crippen molar-refractivity contribution in [3.05, 3.63) is 105 Å². The molecule has 0 fully saturated rings. The minimum atomic E-state index is -1.15. The lowest BCUT2D eigenvalue weighted by atomic mass is 10.0. The maximum atomic E-state index is 12.3. The number of carbonyl (C=O) groups is 1. The van der Waals surface area contributed by atoms with Gasteiger partial charge in [-0.15, -0.1) is 0 Å². The molecular weight excluding hydrogens is 454 g/mol. The van der Waals surface area contributed by atoms with Gasteiger partial charge in [-0.25, -0.2) is 4.79 Å². The number of nitrogens with zero attached hydrogens (tertiary/aromatic N) is 1. The Bertz CT molecular complexity index is 1010. The van der Waals surface area contributed by atoms with E-state index in [2.05, 4.69) is 15.9 Å². The molecule has 0 heterocycles. The summed E-state index contributed by atoms with van der Waals surface area (Å²) in [5.74, 6) is -0.163. The quantitative estimate of drug-likeness (QED) is 0.290. The molecule has 154 valence electrons. The van der Waals surface area contributed by atoms with Gasteiger partial charge in [0, 0.05) is 12.1 Å². The van der Waals surface area contributed by atoms with Crippen molar-refractivity contribution in [1.82, 2.24) is 0 Å². The maximum absolute atomic E-state index is 12.3. The predicted molar refractivity (Wildman–Crippen MR) is 113 cm³/mol. The van der Waals surface area contributed by atoms with Crippen molar-refractivity contribution in [2.24, 2.45) is 0 Å². The molecule has 0 aromatic heterocycles. The number of carbonyl (C=O) groups excluding carboxylic acids is 1. The Hall–Kier alpha value is -3.23. The molecule has 3 rings (SSSR count). The molecule has 0 bridgehead atoms. The van der Waals surface area contributed by atoms with Gasteiger partial charge in [0.05, 0.1) is 15.0 Å². The molecule has 30 heavy (non-hydrogen) atoms. The van der Waals surface area contributed by atoms with E-state index in [1.165, 1.54) is 24.3 Å². The predicted octanol–water partition coefficient (Wildman–Crippen LogP) is 4.70. The van der Waals surface area contributed by atoms with Crippen LogP contribution >= 0.6 is 15.9 Å². The molecule has 0 spiro atoms. The van der Waals surface area contributed by atoms with Crippen LogP contribution in [-0.2, 0) is 4.74 Å². The smallest absolute Gasteiger partial charge is 0.338 e. The summed E-state index contributed by atoms with van der Waals surface area (Å²) in [6.07, 6.45) is -1.93. The molecule has 0 aliphatic carbocycles. The Morgan fingerprint density at radius 3 is 2.27 bits per heavy atom. The number of nitro benzene ring substituents is 1. The van der Waals surface area contributed by atoms with Crippen LogP contribution in [0.15, 0.2) is 83.3 Å². The van der Waals surface area contributed by atoms with Gasteiger partial charge < -0.3 is 14.6 Å². The second-order valence-electron chi connectivity index (χ2n) is 6.35. The van der Waals surface area contributed by atoms with Crippen molar-refractivity contribution in [2.45, 2.75) is 12.2 Å². The monoisotopic (exact) mass is 471 g/mol. The van der Waals surface area contributed by atoms with Gasteiger partial charge in [0.25, 0.3) is 5.69 Å². The molecule has 0 amide bonds. The van der Waals surface area contributed by atoms with E-state index in [0.717, 1.165) is 4.47 Å². The van der Waals surface area contributed by atoms with E-state index in [1.807, 2.05) is 48.5 Å². The third-order valence-electron chi connectivity index (χ3n) is 4.27. The lowest BCUT2D eigenvalue weighted by molar-refractivity contribution is -0.384. The van der Waals surface area contributed by atoms with Crippen LogP contribution in [0.1, 0.15) is 22.0 Å². The van der Waals surface area contributed by atoms with Crippen LogP contribution < -0.4 is 4.74 Å². The standard InChI is InChI=1S/C22H18BrNO6/c23-18-8-4-5-9-20(18)30-21(15-6-2-1-3-7-15)19(25)14-29-22(26)16-10-12-17(13-11-16)24(27)28/h1-13,19,21,25H,14H2/t19-,21+/m0/s1. The second kappa shape index (κ2) is 10.00. The summed E-state index contributed by atoms with van der Waals surface area (Å²) in [6.45, 7) is -0.320. The summed E-state index contributed by atoms with van der Waals surface area (Å²) < 4.78 is 11.9. The van der Waals surface area contributed by atoms with Crippen LogP contribution in [0.3, 0.4) is 0 Å². The van der Waals surface area contributed by atoms with E-state index >= 15 is 0 Å². The van der Waals surface area contributed by atoms with Crippen molar-refractivity contribution in [3.8, 4) is 5.75 Å². The number of para-hydroxylation sites is 1. The molecule has 3 aromatic rings. The number of esters is 1. The topological polar surface area (TPSA) is 98.9 Å². The van der Waals surface area contributed by atoms with Crippen LogP contribution in [0.2, 0.25) is 0 Å². The first kappa shape index (κ1) is 21.5. The molecule has 0 saturated carbocycles. The van der Waals surface area contributed by atoms with E-state index in [9.17, 15) is 20.0 Å². The lowest BCUT2D eigenvalue weighted by Gasteiger charge is -2.25. The number of rotatable bonds is 8. The molecule has 7 nitrogen and oxygen atoms in total. The van der Waals surface area contributed by atoms with Crippen molar-refractivity contribution >= 4 is 27.6 Å². The maximum Gasteiger partial charge on any atom is 0.338 e. The number of nitro groups is 1. The van der Waals surface area contributed by atoms with Gasteiger partial charge in [-0.1, -0.05) is 42.5 Å². The van der Waals surface area contributed by atoms with E-state index in [1.54, 1.807) is 6.07 Å². The number of ether oxygens (including phenoxy) is 2. The fraction of sp³-hybridized carbons (Fsp3) is 0.136. The van der Waals surface area contributed by atoms with Gasteiger partial charge in [0.2, 0.25) is 0 Å². The fourth-order valence-electron chi connectivity index (χ4n) is 2.74. The third-order valence-corrected chi connectivity index (χ3v) is 4.92. The molecule has 8 heteroatoms. The molecule has 0 aliphatic rings. The minimum Gasteiger partial charge on any atom is -0.482 e. The number of aliphatic hydroxyl groups is 1. The van der Waals surface area contributed by atoms with Gasteiger partial charge in [0.1, 0.15) is 18.5 Å². The lowest BCUT2D eigenvalue weighted by Crippen LogP contribution is -2.29. The number of aliphatic hydroxyl groups excluding tert-OH is 1. The number of non-ortho nitro benzene ring substituents is 1. The summed E-state index contributed by atoms with van der Waals surface area (Å²) in [5.41, 5.74) is 0.737. The first-order valence-electron chi connectivity index (χ1n) is 9.01. The summed E-state index contributed by atoms with van der Waals surface area (Å²) in [7, 11) is 0. The Kier molecular flexibility index (Phi) is 7.16. The van der Waals surface area contributed by atoms with Crippen molar-refractivity contribution in [3.63, 3.8) is 0 Å². The SMILES string of the molecule is O=C(OC[C@H](O)[C@H](Oc1ccccc1Br)c1ccccc1)c1ccc([N+](=O)[O-])cc1. The summed E-state index contributed by atoms with van der Waals surface area (Å²) >= 11 is 3.42. The molecule has 0 aliphatic heterocycles. The highest BCUT2D eigenvalue weighted by molar-refractivity contribution is 9.10. The Labute approximate surface area is 181 Å². The largest absolute Gasteiger partial charge is 0.482 e. The third kappa shape index (κ3) is 5.43. The van der Waals surface area contributed by atoms with Gasteiger partial charge in [-0.2, -0.15) is 0 Å². The highest BCUT2D eigenvalue weighted by Gasteiger charge is 2.26.